The number of methoxy groups -OCH3 is 1. The molecule has 0 spiro atoms. The first kappa shape index (κ1) is 24.7. The van der Waals surface area contributed by atoms with E-state index in [0.29, 0.717) is 17.9 Å². The number of carbonyl (C=O) groups is 2. The van der Waals surface area contributed by atoms with E-state index in [9.17, 15) is 19.8 Å². The van der Waals surface area contributed by atoms with Gasteiger partial charge >= 0.3 is 0 Å². The maximum Gasteiger partial charge on any atom is 0.247 e. The van der Waals surface area contributed by atoms with Crippen LogP contribution in [0, 0.1) is 0 Å². The van der Waals surface area contributed by atoms with E-state index in [-0.39, 0.29) is 37.4 Å². The lowest BCUT2D eigenvalue weighted by molar-refractivity contribution is -0.141. The van der Waals surface area contributed by atoms with Gasteiger partial charge in [-0.1, -0.05) is 43.9 Å². The molecule has 1 fully saturated rings. The number of nitrogens with zero attached hydrogens (tertiary/aromatic N) is 1. The first-order valence-electron chi connectivity index (χ1n) is 12.4. The quantitative estimate of drug-likeness (QED) is 0.499. The fraction of sp³-hybridized carbons (Fsp3) is 0.615. The zero-order chi connectivity index (χ0) is 24.1. The largest absolute Gasteiger partial charge is 0.486 e. The summed E-state index contributed by atoms with van der Waals surface area (Å²) in [4.78, 5) is 28.5. The van der Waals surface area contributed by atoms with Crippen LogP contribution in [0.1, 0.15) is 56.4 Å². The summed E-state index contributed by atoms with van der Waals surface area (Å²) in [7, 11) is 1.57. The molecular formula is C26H36N2O6. The van der Waals surface area contributed by atoms with Crippen molar-refractivity contribution in [1.29, 1.82) is 0 Å². The van der Waals surface area contributed by atoms with E-state index in [1.165, 1.54) is 0 Å². The third-order valence-corrected chi connectivity index (χ3v) is 7.22. The van der Waals surface area contributed by atoms with E-state index in [4.69, 9.17) is 9.47 Å². The Morgan fingerprint density at radius 1 is 1.18 bits per heavy atom. The Labute approximate surface area is 200 Å². The fourth-order valence-corrected chi connectivity index (χ4v) is 5.63. The second-order valence-corrected chi connectivity index (χ2v) is 9.37. The first-order chi connectivity index (χ1) is 16.6. The Hall–Kier alpha value is -2.42. The number of rotatable bonds is 8. The van der Waals surface area contributed by atoms with E-state index >= 15 is 0 Å². The minimum atomic E-state index is -0.985. The van der Waals surface area contributed by atoms with Gasteiger partial charge in [-0.25, -0.2) is 0 Å². The zero-order valence-electron chi connectivity index (χ0n) is 19.8. The maximum atomic E-state index is 13.4. The number of aliphatic hydroxyl groups excluding tert-OH is 2. The van der Waals surface area contributed by atoms with Crippen molar-refractivity contribution in [3.63, 3.8) is 0 Å². The normalized spacial score (nSPS) is 26.5. The van der Waals surface area contributed by atoms with Crippen molar-refractivity contribution in [3.8, 4) is 5.75 Å². The van der Waals surface area contributed by atoms with Crippen LogP contribution in [-0.4, -0.2) is 78.1 Å². The number of hydrogen-bond donors (Lipinski definition) is 3. The second-order valence-electron chi connectivity index (χ2n) is 9.37. The van der Waals surface area contributed by atoms with Crippen LogP contribution in [0.15, 0.2) is 35.9 Å². The number of hydrogen-bond acceptors (Lipinski definition) is 6. The lowest BCUT2D eigenvalue weighted by Gasteiger charge is -2.44. The molecule has 1 heterocycles. The number of nitrogens with one attached hydrogen (secondary N) is 1. The summed E-state index contributed by atoms with van der Waals surface area (Å²) in [6, 6.07) is 6.81. The molecule has 1 aliphatic heterocycles. The molecule has 186 valence electrons. The highest BCUT2D eigenvalue weighted by atomic mass is 16.5. The molecule has 8 heteroatoms. The number of fused-ring (bicyclic) bond motifs is 3. The molecule has 8 nitrogen and oxygen atoms in total. The molecule has 0 bridgehead atoms. The second kappa shape index (κ2) is 11.3. The molecule has 34 heavy (non-hydrogen) atoms. The lowest BCUT2D eigenvalue weighted by Crippen LogP contribution is -2.58. The van der Waals surface area contributed by atoms with Gasteiger partial charge in [-0.05, 0) is 25.0 Å². The summed E-state index contributed by atoms with van der Waals surface area (Å²) < 4.78 is 11.3. The molecule has 3 aliphatic rings. The van der Waals surface area contributed by atoms with Crippen LogP contribution in [0.3, 0.4) is 0 Å². The SMILES string of the molecule is COCCC(=O)N(C1CCCCCC1)C1C=C(C(=O)NCCO)C2c3ccccc3OC2C1O. The number of para-hydroxylation sites is 1. The maximum absolute atomic E-state index is 13.4. The van der Waals surface area contributed by atoms with Gasteiger partial charge in [0.2, 0.25) is 11.8 Å². The van der Waals surface area contributed by atoms with E-state index in [2.05, 4.69) is 5.32 Å². The van der Waals surface area contributed by atoms with Gasteiger partial charge < -0.3 is 29.9 Å². The van der Waals surface area contributed by atoms with Gasteiger partial charge in [0.15, 0.2) is 0 Å². The van der Waals surface area contributed by atoms with E-state index < -0.39 is 24.2 Å². The van der Waals surface area contributed by atoms with Crippen LogP contribution in [0.4, 0.5) is 0 Å². The molecule has 4 rings (SSSR count). The molecule has 3 N–H and O–H groups in total. The van der Waals surface area contributed by atoms with Crippen molar-refractivity contribution < 1.29 is 29.3 Å². The standard InChI is InChI=1S/C26H36N2O6/c1-33-15-12-22(30)28(17-8-4-2-3-5-9-17)20-16-19(26(32)27-13-14-29)23-18-10-6-7-11-21(18)34-25(23)24(20)31/h6-7,10-11,16-17,20,23-25,29,31H,2-5,8-9,12-15H2,1H3,(H,27,32). The van der Waals surface area contributed by atoms with Crippen LogP contribution in [0.5, 0.6) is 5.75 Å². The van der Waals surface area contributed by atoms with Gasteiger partial charge in [-0.15, -0.1) is 0 Å². The predicted molar refractivity (Wildman–Crippen MR) is 126 cm³/mol. The average Bonchev–Trinajstić information content (AvgIpc) is 3.04. The summed E-state index contributed by atoms with van der Waals surface area (Å²) in [5.41, 5.74) is 1.32. The summed E-state index contributed by atoms with van der Waals surface area (Å²) in [6.45, 7) is 0.255. The van der Waals surface area contributed by atoms with E-state index in [1.807, 2.05) is 24.3 Å². The Kier molecular flexibility index (Phi) is 8.24. The lowest BCUT2D eigenvalue weighted by atomic mass is 9.77. The Bertz CT molecular complexity index is 895. The van der Waals surface area contributed by atoms with Crippen molar-refractivity contribution >= 4 is 11.8 Å². The van der Waals surface area contributed by atoms with Crippen molar-refractivity contribution in [1.82, 2.24) is 10.2 Å². The summed E-state index contributed by atoms with van der Waals surface area (Å²) in [5.74, 6) is -0.194. The minimum absolute atomic E-state index is 0.00941. The van der Waals surface area contributed by atoms with Crippen molar-refractivity contribution in [2.24, 2.45) is 0 Å². The third-order valence-electron chi connectivity index (χ3n) is 7.22. The predicted octanol–water partition coefficient (Wildman–Crippen LogP) is 1.90. The number of ether oxygens (including phenoxy) is 2. The summed E-state index contributed by atoms with van der Waals surface area (Å²) >= 11 is 0. The molecular weight excluding hydrogens is 436 g/mol. The topological polar surface area (TPSA) is 108 Å². The average molecular weight is 473 g/mol. The number of amides is 2. The minimum Gasteiger partial charge on any atom is -0.486 e. The monoisotopic (exact) mass is 472 g/mol. The highest BCUT2D eigenvalue weighted by Gasteiger charge is 2.51. The summed E-state index contributed by atoms with van der Waals surface area (Å²) in [5, 5.41) is 23.6. The first-order valence-corrected chi connectivity index (χ1v) is 12.4. The molecule has 1 saturated carbocycles. The van der Waals surface area contributed by atoms with Gasteiger partial charge in [0.1, 0.15) is 18.0 Å². The van der Waals surface area contributed by atoms with Crippen molar-refractivity contribution in [3.05, 3.63) is 41.5 Å². The number of aliphatic hydroxyl groups is 2. The molecule has 0 saturated heterocycles. The highest BCUT2D eigenvalue weighted by Crippen LogP contribution is 2.47. The van der Waals surface area contributed by atoms with E-state index in [0.717, 1.165) is 44.1 Å². The zero-order valence-corrected chi connectivity index (χ0v) is 19.8. The van der Waals surface area contributed by atoms with Crippen LogP contribution in [-0.2, 0) is 14.3 Å². The number of benzene rings is 1. The van der Waals surface area contributed by atoms with Crippen molar-refractivity contribution in [2.75, 3.05) is 26.9 Å². The Balaban J connectivity index is 1.74. The molecule has 1 aromatic carbocycles. The molecule has 0 aromatic heterocycles. The van der Waals surface area contributed by atoms with Gasteiger partial charge in [-0.2, -0.15) is 0 Å². The molecule has 4 unspecified atom stereocenters. The fourth-order valence-electron chi connectivity index (χ4n) is 5.63. The van der Waals surface area contributed by atoms with Crippen LogP contribution >= 0.6 is 0 Å². The van der Waals surface area contributed by atoms with Crippen LogP contribution in [0.25, 0.3) is 0 Å². The van der Waals surface area contributed by atoms with Crippen LogP contribution < -0.4 is 10.1 Å². The van der Waals surface area contributed by atoms with Gasteiger partial charge in [0.05, 0.1) is 31.6 Å². The molecule has 1 aromatic rings. The van der Waals surface area contributed by atoms with Crippen LogP contribution in [0.2, 0.25) is 0 Å². The van der Waals surface area contributed by atoms with Gasteiger partial charge in [0.25, 0.3) is 0 Å². The Morgan fingerprint density at radius 3 is 2.62 bits per heavy atom. The highest BCUT2D eigenvalue weighted by molar-refractivity contribution is 5.96. The molecule has 4 atom stereocenters. The third kappa shape index (κ3) is 4.99. The summed E-state index contributed by atoms with van der Waals surface area (Å²) in [6.07, 6.45) is 6.40. The Morgan fingerprint density at radius 2 is 1.91 bits per heavy atom. The van der Waals surface area contributed by atoms with Crippen molar-refractivity contribution in [2.45, 2.75) is 75.2 Å². The van der Waals surface area contributed by atoms with Gasteiger partial charge in [0, 0.05) is 30.8 Å². The smallest absolute Gasteiger partial charge is 0.247 e. The molecule has 2 aliphatic carbocycles. The van der Waals surface area contributed by atoms with E-state index in [1.54, 1.807) is 18.1 Å². The van der Waals surface area contributed by atoms with Gasteiger partial charge in [-0.3, -0.25) is 9.59 Å². The molecule has 2 amide bonds. The number of carbonyl (C=O) groups excluding carboxylic acids is 2. The molecule has 0 radical (unpaired) electrons.